The third-order valence-corrected chi connectivity index (χ3v) is 10.4. The van der Waals surface area contributed by atoms with Gasteiger partial charge in [-0.05, 0) is 64.0 Å². The fourth-order valence-corrected chi connectivity index (χ4v) is 7.71. The Kier molecular flexibility index (Phi) is 6.98. The molecule has 0 amide bonds. The molecule has 0 unspecified atom stereocenters. The Bertz CT molecular complexity index is 3110. The SMILES string of the molecule is Cn1c(=O)n(C)c2cc(-c3cccc(-c4cc(-c5ccccc5-c5cccc6oc7c8ccccc8ccc7c56)nc(-c5ccccc5)n4)c3)ccc21. The normalized spacial score (nSPS) is 11.7. The fraction of sp³-hybridized carbons (Fsp3) is 0.0426. The van der Waals surface area contributed by atoms with E-state index in [0.29, 0.717) is 5.82 Å². The van der Waals surface area contributed by atoms with Crippen LogP contribution in [-0.4, -0.2) is 19.1 Å². The highest BCUT2D eigenvalue weighted by Gasteiger charge is 2.19. The summed E-state index contributed by atoms with van der Waals surface area (Å²) in [5.41, 5.74) is 12.3. The third kappa shape index (κ3) is 4.99. The molecule has 0 atom stereocenters. The van der Waals surface area contributed by atoms with Crippen molar-refractivity contribution in [1.82, 2.24) is 19.1 Å². The Morgan fingerprint density at radius 2 is 1.17 bits per heavy atom. The van der Waals surface area contributed by atoms with Crippen LogP contribution >= 0.6 is 0 Å². The van der Waals surface area contributed by atoms with Crippen LogP contribution in [0.15, 0.2) is 167 Å². The molecule has 7 aromatic carbocycles. The summed E-state index contributed by atoms with van der Waals surface area (Å²) >= 11 is 0. The van der Waals surface area contributed by atoms with Crippen molar-refractivity contribution in [3.63, 3.8) is 0 Å². The highest BCUT2D eigenvalue weighted by Crippen LogP contribution is 2.42. The van der Waals surface area contributed by atoms with Gasteiger partial charge in [-0.2, -0.15) is 0 Å². The zero-order valence-corrected chi connectivity index (χ0v) is 29.1. The van der Waals surface area contributed by atoms with E-state index in [2.05, 4.69) is 121 Å². The molecule has 0 aliphatic rings. The van der Waals surface area contributed by atoms with Crippen LogP contribution in [0.3, 0.4) is 0 Å². The monoisotopic (exact) mass is 684 g/mol. The van der Waals surface area contributed by atoms with E-state index < -0.39 is 0 Å². The van der Waals surface area contributed by atoms with Crippen LogP contribution in [0.25, 0.3) is 99.9 Å². The predicted molar refractivity (Wildman–Crippen MR) is 216 cm³/mol. The van der Waals surface area contributed by atoms with Gasteiger partial charge in [0.05, 0.1) is 22.4 Å². The highest BCUT2D eigenvalue weighted by atomic mass is 16.3. The van der Waals surface area contributed by atoms with E-state index in [1.165, 1.54) is 0 Å². The lowest BCUT2D eigenvalue weighted by molar-refractivity contribution is 0.673. The van der Waals surface area contributed by atoms with Gasteiger partial charge < -0.3 is 4.42 Å². The van der Waals surface area contributed by atoms with Gasteiger partial charge in [-0.1, -0.05) is 121 Å². The molecule has 252 valence electrons. The van der Waals surface area contributed by atoms with Crippen LogP contribution in [0.1, 0.15) is 0 Å². The lowest BCUT2D eigenvalue weighted by Crippen LogP contribution is -2.19. The van der Waals surface area contributed by atoms with Gasteiger partial charge in [-0.15, -0.1) is 0 Å². The Balaban J connectivity index is 1.16. The van der Waals surface area contributed by atoms with E-state index >= 15 is 0 Å². The maximum atomic E-state index is 12.6. The molecule has 3 heterocycles. The quantitative estimate of drug-likeness (QED) is 0.181. The van der Waals surface area contributed by atoms with Crippen molar-refractivity contribution in [1.29, 1.82) is 0 Å². The van der Waals surface area contributed by atoms with Crippen LogP contribution < -0.4 is 5.69 Å². The van der Waals surface area contributed by atoms with E-state index in [4.69, 9.17) is 14.4 Å². The van der Waals surface area contributed by atoms with E-state index in [-0.39, 0.29) is 5.69 Å². The second-order valence-electron chi connectivity index (χ2n) is 13.5. The van der Waals surface area contributed by atoms with Crippen molar-refractivity contribution in [2.75, 3.05) is 0 Å². The average molecular weight is 685 g/mol. The summed E-state index contributed by atoms with van der Waals surface area (Å²) in [5.74, 6) is 0.650. The number of furan rings is 1. The van der Waals surface area contributed by atoms with Gasteiger partial charge in [0, 0.05) is 46.9 Å². The van der Waals surface area contributed by atoms with Gasteiger partial charge in [-0.25, -0.2) is 14.8 Å². The highest BCUT2D eigenvalue weighted by molar-refractivity contribution is 6.19. The van der Waals surface area contributed by atoms with Crippen molar-refractivity contribution < 1.29 is 4.42 Å². The number of rotatable bonds is 5. The first-order valence-electron chi connectivity index (χ1n) is 17.7. The topological polar surface area (TPSA) is 65.8 Å². The summed E-state index contributed by atoms with van der Waals surface area (Å²) in [4.78, 5) is 23.0. The number of imidazole rings is 1. The van der Waals surface area contributed by atoms with Crippen LogP contribution in [0.2, 0.25) is 0 Å². The second kappa shape index (κ2) is 12.0. The molecule has 0 radical (unpaired) electrons. The Morgan fingerprint density at radius 1 is 0.491 bits per heavy atom. The van der Waals surface area contributed by atoms with Gasteiger partial charge in [0.2, 0.25) is 0 Å². The smallest absolute Gasteiger partial charge is 0.328 e. The van der Waals surface area contributed by atoms with Gasteiger partial charge >= 0.3 is 5.69 Å². The maximum Gasteiger partial charge on any atom is 0.328 e. The van der Waals surface area contributed by atoms with E-state index in [9.17, 15) is 4.79 Å². The molecule has 0 N–H and O–H groups in total. The summed E-state index contributed by atoms with van der Waals surface area (Å²) < 4.78 is 9.94. The average Bonchev–Trinajstić information content (AvgIpc) is 3.72. The number of hydrogen-bond donors (Lipinski definition) is 0. The Hall–Kier alpha value is -7.05. The number of fused-ring (bicyclic) bond motifs is 6. The molecule has 6 nitrogen and oxygen atoms in total. The molecule has 0 aliphatic heterocycles. The van der Waals surface area contributed by atoms with Crippen molar-refractivity contribution in [2.45, 2.75) is 0 Å². The summed E-state index contributed by atoms with van der Waals surface area (Å²) in [7, 11) is 3.62. The number of hydrogen-bond acceptors (Lipinski definition) is 4. The summed E-state index contributed by atoms with van der Waals surface area (Å²) in [5, 5.41) is 4.42. The largest absolute Gasteiger partial charge is 0.455 e. The number of aryl methyl sites for hydroxylation is 2. The van der Waals surface area contributed by atoms with Crippen LogP contribution in [0, 0.1) is 0 Å². The Morgan fingerprint density at radius 3 is 2.06 bits per heavy atom. The minimum Gasteiger partial charge on any atom is -0.455 e. The van der Waals surface area contributed by atoms with E-state index in [0.717, 1.165) is 94.1 Å². The summed E-state index contributed by atoms with van der Waals surface area (Å²) in [6.07, 6.45) is 0. The molecule has 0 bridgehead atoms. The molecule has 3 aromatic heterocycles. The van der Waals surface area contributed by atoms with Gasteiger partial charge in [0.25, 0.3) is 0 Å². The first-order chi connectivity index (χ1) is 26.0. The first-order valence-corrected chi connectivity index (χ1v) is 17.7. The molecule has 10 rings (SSSR count). The molecule has 6 heteroatoms. The van der Waals surface area contributed by atoms with Gasteiger partial charge in [0.15, 0.2) is 5.82 Å². The molecule has 0 spiro atoms. The maximum absolute atomic E-state index is 12.6. The van der Waals surface area contributed by atoms with Crippen molar-refractivity contribution >= 4 is 43.7 Å². The fourth-order valence-electron chi connectivity index (χ4n) is 7.71. The summed E-state index contributed by atoms with van der Waals surface area (Å²) in [6, 6.07) is 54.3. The lowest BCUT2D eigenvalue weighted by atomic mass is 9.93. The molecule has 10 aromatic rings. The van der Waals surface area contributed by atoms with Gasteiger partial charge in [-0.3, -0.25) is 9.13 Å². The van der Waals surface area contributed by atoms with Crippen LogP contribution in [0.5, 0.6) is 0 Å². The standard InChI is InChI=1S/C47H32N4O2/c1-50-41-25-23-32(27-42(41)51(2)47(50)52)31-15-10-16-33(26-31)39-28-40(49-46(48-39)30-13-4-3-5-14-30)36-19-9-8-18-35(36)37-20-11-21-43-44(37)38-24-22-29-12-6-7-17-34(29)45(38)53-43/h3-28H,1-2H3. The van der Waals surface area contributed by atoms with E-state index in [1.54, 1.807) is 16.2 Å². The molecule has 0 saturated heterocycles. The van der Waals surface area contributed by atoms with Crippen LogP contribution in [0.4, 0.5) is 0 Å². The molecular weight excluding hydrogens is 653 g/mol. The van der Waals surface area contributed by atoms with Crippen LogP contribution in [-0.2, 0) is 14.1 Å². The zero-order valence-electron chi connectivity index (χ0n) is 29.1. The number of nitrogens with zero attached hydrogens (tertiary/aromatic N) is 4. The third-order valence-electron chi connectivity index (χ3n) is 10.4. The lowest BCUT2D eigenvalue weighted by Gasteiger charge is -2.14. The molecular formula is C47H32N4O2. The predicted octanol–water partition coefficient (Wildman–Crippen LogP) is 11.1. The zero-order chi connectivity index (χ0) is 35.6. The van der Waals surface area contributed by atoms with Crippen molar-refractivity contribution in [3.8, 4) is 56.2 Å². The molecule has 0 fully saturated rings. The van der Waals surface area contributed by atoms with Crippen molar-refractivity contribution in [2.24, 2.45) is 14.1 Å². The first kappa shape index (κ1) is 30.7. The minimum atomic E-state index is -0.0428. The number of aromatic nitrogens is 4. The Labute approximate surface area is 304 Å². The van der Waals surface area contributed by atoms with Crippen molar-refractivity contribution in [3.05, 3.63) is 168 Å². The van der Waals surface area contributed by atoms with E-state index in [1.807, 2.05) is 43.4 Å². The molecule has 0 aliphatic carbocycles. The summed E-state index contributed by atoms with van der Waals surface area (Å²) in [6.45, 7) is 0. The minimum absolute atomic E-state index is 0.0428. The number of benzene rings is 7. The van der Waals surface area contributed by atoms with Gasteiger partial charge in [0.1, 0.15) is 11.2 Å². The second-order valence-corrected chi connectivity index (χ2v) is 13.5. The molecule has 53 heavy (non-hydrogen) atoms. The molecule has 0 saturated carbocycles.